The molecule has 3 nitrogen and oxygen atoms in total. The van der Waals surface area contributed by atoms with E-state index in [-0.39, 0.29) is 12.1 Å². The molecular weight excluding hydrogens is 236 g/mol. The third-order valence-corrected chi connectivity index (χ3v) is 5.08. The number of nitrogens with zero attached hydrogens (tertiary/aromatic N) is 1. The molecule has 0 aromatic heterocycles. The summed E-state index contributed by atoms with van der Waals surface area (Å²) in [6.07, 6.45) is 5.32. The van der Waals surface area contributed by atoms with Gasteiger partial charge in [0.2, 0.25) is 0 Å². The lowest BCUT2D eigenvalue weighted by Gasteiger charge is -2.46. The van der Waals surface area contributed by atoms with E-state index >= 15 is 0 Å². The van der Waals surface area contributed by atoms with Crippen LogP contribution in [-0.4, -0.2) is 48.8 Å². The third-order valence-electron chi connectivity index (χ3n) is 5.08. The number of nitrogens with one attached hydrogen (secondary N) is 1. The standard InChI is InChI=1S/C16H34N2O/c1-6-17-11-16(9-7-14(2)8-10-16)12-18(5)15(3,4)13-19/h14,17,19H,6-13H2,1-5H3. The van der Waals surface area contributed by atoms with Crippen molar-refractivity contribution in [2.24, 2.45) is 11.3 Å². The molecule has 1 aliphatic rings. The third kappa shape index (κ3) is 4.73. The number of rotatable bonds is 7. The largest absolute Gasteiger partial charge is 0.394 e. The first kappa shape index (κ1) is 16.9. The smallest absolute Gasteiger partial charge is 0.0609 e. The lowest BCUT2D eigenvalue weighted by atomic mass is 9.70. The fourth-order valence-corrected chi connectivity index (χ4v) is 2.99. The van der Waals surface area contributed by atoms with Crippen molar-refractivity contribution in [3.63, 3.8) is 0 Å². The number of hydrogen-bond acceptors (Lipinski definition) is 3. The summed E-state index contributed by atoms with van der Waals surface area (Å²) in [6.45, 7) is 12.3. The zero-order chi connectivity index (χ0) is 14.5. The van der Waals surface area contributed by atoms with Gasteiger partial charge in [-0.3, -0.25) is 4.90 Å². The molecule has 0 bridgehead atoms. The van der Waals surface area contributed by atoms with Gasteiger partial charge in [0.1, 0.15) is 0 Å². The van der Waals surface area contributed by atoms with Crippen LogP contribution in [0.15, 0.2) is 0 Å². The summed E-state index contributed by atoms with van der Waals surface area (Å²) >= 11 is 0. The molecule has 3 heteroatoms. The van der Waals surface area contributed by atoms with Crippen molar-refractivity contribution in [1.82, 2.24) is 10.2 Å². The minimum Gasteiger partial charge on any atom is -0.394 e. The van der Waals surface area contributed by atoms with Crippen molar-refractivity contribution in [1.29, 1.82) is 0 Å². The maximum Gasteiger partial charge on any atom is 0.0609 e. The average molecular weight is 270 g/mol. The highest BCUT2D eigenvalue weighted by atomic mass is 16.3. The quantitative estimate of drug-likeness (QED) is 0.746. The van der Waals surface area contributed by atoms with Crippen LogP contribution in [0.4, 0.5) is 0 Å². The molecule has 0 unspecified atom stereocenters. The van der Waals surface area contributed by atoms with E-state index in [0.29, 0.717) is 5.41 Å². The number of aliphatic hydroxyl groups excluding tert-OH is 1. The second-order valence-electron chi connectivity index (χ2n) is 7.29. The zero-order valence-electron chi connectivity index (χ0n) is 13.6. The van der Waals surface area contributed by atoms with Crippen molar-refractivity contribution in [3.8, 4) is 0 Å². The molecule has 0 saturated heterocycles. The summed E-state index contributed by atoms with van der Waals surface area (Å²) < 4.78 is 0. The lowest BCUT2D eigenvalue weighted by molar-refractivity contribution is 0.0205. The molecule has 0 amide bonds. The van der Waals surface area contributed by atoms with Crippen LogP contribution in [0.1, 0.15) is 53.4 Å². The molecule has 0 aromatic carbocycles. The second kappa shape index (κ2) is 7.05. The maximum atomic E-state index is 9.54. The van der Waals surface area contributed by atoms with Crippen molar-refractivity contribution >= 4 is 0 Å². The Morgan fingerprint density at radius 3 is 2.37 bits per heavy atom. The molecule has 2 N–H and O–H groups in total. The van der Waals surface area contributed by atoms with Gasteiger partial charge >= 0.3 is 0 Å². The van der Waals surface area contributed by atoms with E-state index in [1.54, 1.807) is 0 Å². The highest BCUT2D eigenvalue weighted by molar-refractivity contribution is 4.92. The molecule has 0 aliphatic heterocycles. The van der Waals surface area contributed by atoms with Crippen molar-refractivity contribution in [2.45, 2.75) is 58.9 Å². The lowest BCUT2D eigenvalue weighted by Crippen LogP contribution is -2.52. The van der Waals surface area contributed by atoms with Crippen LogP contribution in [0.5, 0.6) is 0 Å². The van der Waals surface area contributed by atoms with Gasteiger partial charge in [-0.05, 0) is 51.6 Å². The van der Waals surface area contributed by atoms with E-state index in [4.69, 9.17) is 0 Å². The Morgan fingerprint density at radius 1 is 1.32 bits per heavy atom. The Balaban J connectivity index is 2.69. The van der Waals surface area contributed by atoms with Gasteiger partial charge in [-0.2, -0.15) is 0 Å². The van der Waals surface area contributed by atoms with Crippen LogP contribution in [-0.2, 0) is 0 Å². The predicted octanol–water partition coefficient (Wildman–Crippen LogP) is 2.50. The summed E-state index contributed by atoms with van der Waals surface area (Å²) in [4.78, 5) is 2.35. The summed E-state index contributed by atoms with van der Waals surface area (Å²) in [6, 6.07) is 0. The van der Waals surface area contributed by atoms with E-state index in [0.717, 1.165) is 25.6 Å². The molecular formula is C16H34N2O. The molecule has 0 atom stereocenters. The highest BCUT2D eigenvalue weighted by Gasteiger charge is 2.37. The van der Waals surface area contributed by atoms with Gasteiger partial charge in [0.05, 0.1) is 6.61 Å². The monoisotopic (exact) mass is 270 g/mol. The molecule has 1 rings (SSSR count). The summed E-state index contributed by atoms with van der Waals surface area (Å²) in [7, 11) is 2.15. The van der Waals surface area contributed by atoms with Crippen LogP contribution >= 0.6 is 0 Å². The van der Waals surface area contributed by atoms with Gasteiger partial charge < -0.3 is 10.4 Å². The van der Waals surface area contributed by atoms with E-state index < -0.39 is 0 Å². The summed E-state index contributed by atoms with van der Waals surface area (Å²) in [5, 5.41) is 13.1. The molecule has 0 radical (unpaired) electrons. The molecule has 1 saturated carbocycles. The molecule has 0 spiro atoms. The van der Waals surface area contributed by atoms with E-state index in [9.17, 15) is 5.11 Å². The Morgan fingerprint density at radius 2 is 1.89 bits per heavy atom. The van der Waals surface area contributed by atoms with E-state index in [2.05, 4.69) is 45.0 Å². The number of aliphatic hydroxyl groups is 1. The molecule has 114 valence electrons. The predicted molar refractivity (Wildman–Crippen MR) is 82.4 cm³/mol. The molecule has 1 fully saturated rings. The van der Waals surface area contributed by atoms with Crippen LogP contribution in [0.2, 0.25) is 0 Å². The van der Waals surface area contributed by atoms with Crippen molar-refractivity contribution < 1.29 is 5.11 Å². The van der Waals surface area contributed by atoms with Gasteiger partial charge in [0, 0.05) is 18.6 Å². The second-order valence-corrected chi connectivity index (χ2v) is 7.29. The Hall–Kier alpha value is -0.120. The molecule has 0 heterocycles. The highest BCUT2D eigenvalue weighted by Crippen LogP contribution is 2.39. The first-order valence-electron chi connectivity index (χ1n) is 7.88. The fraction of sp³-hybridized carbons (Fsp3) is 1.00. The van der Waals surface area contributed by atoms with Crippen LogP contribution in [0, 0.1) is 11.3 Å². The minimum atomic E-state index is -0.123. The van der Waals surface area contributed by atoms with Crippen molar-refractivity contribution in [3.05, 3.63) is 0 Å². The van der Waals surface area contributed by atoms with Gasteiger partial charge in [0.15, 0.2) is 0 Å². The Labute approximate surface area is 119 Å². The van der Waals surface area contributed by atoms with Gasteiger partial charge in [0.25, 0.3) is 0 Å². The number of likely N-dealkylation sites (N-methyl/N-ethyl adjacent to an activating group) is 1. The summed E-state index contributed by atoms with van der Waals surface area (Å²) in [5.74, 6) is 0.880. The first-order chi connectivity index (χ1) is 8.85. The van der Waals surface area contributed by atoms with Crippen LogP contribution in [0.3, 0.4) is 0 Å². The van der Waals surface area contributed by atoms with Crippen molar-refractivity contribution in [2.75, 3.05) is 33.3 Å². The first-order valence-corrected chi connectivity index (χ1v) is 7.88. The van der Waals surface area contributed by atoms with E-state index in [1.807, 2.05) is 0 Å². The normalized spacial score (nSPS) is 28.9. The molecule has 0 aromatic rings. The fourth-order valence-electron chi connectivity index (χ4n) is 2.99. The van der Waals surface area contributed by atoms with Gasteiger partial charge in [-0.15, -0.1) is 0 Å². The van der Waals surface area contributed by atoms with E-state index in [1.165, 1.54) is 25.7 Å². The number of hydrogen-bond donors (Lipinski definition) is 2. The van der Waals surface area contributed by atoms with Gasteiger partial charge in [-0.25, -0.2) is 0 Å². The average Bonchev–Trinajstić information content (AvgIpc) is 2.39. The SMILES string of the molecule is CCNCC1(CN(C)C(C)(C)CO)CCC(C)CC1. The van der Waals surface area contributed by atoms with Crippen LogP contribution < -0.4 is 5.32 Å². The summed E-state index contributed by atoms with van der Waals surface area (Å²) in [5.41, 5.74) is 0.270. The Kier molecular flexibility index (Phi) is 6.28. The minimum absolute atomic E-state index is 0.123. The van der Waals surface area contributed by atoms with Crippen LogP contribution in [0.25, 0.3) is 0 Å². The maximum absolute atomic E-state index is 9.54. The Bertz CT molecular complexity index is 252. The zero-order valence-corrected chi connectivity index (χ0v) is 13.6. The molecule has 19 heavy (non-hydrogen) atoms. The van der Waals surface area contributed by atoms with Gasteiger partial charge in [-0.1, -0.05) is 26.7 Å². The molecule has 1 aliphatic carbocycles. The topological polar surface area (TPSA) is 35.5 Å².